The quantitative estimate of drug-likeness (QED) is 0.284. The molecule has 0 radical (unpaired) electrons. The molecule has 1 aliphatic heterocycles. The molecule has 0 saturated carbocycles. The van der Waals surface area contributed by atoms with E-state index in [0.717, 1.165) is 10.6 Å². The molecule has 1 fully saturated rings. The Hall–Kier alpha value is -2.63. The second-order valence-corrected chi connectivity index (χ2v) is 18.7. The molecule has 0 aliphatic carbocycles. The van der Waals surface area contributed by atoms with Crippen LogP contribution in [0.3, 0.4) is 0 Å². The number of carbonyl (C=O) groups is 1. The summed E-state index contributed by atoms with van der Waals surface area (Å²) in [6, 6.07) is 5.83. The summed E-state index contributed by atoms with van der Waals surface area (Å²) in [6.07, 6.45) is 4.67. The number of hydrogen-bond donors (Lipinski definition) is 0. The molecule has 39 heavy (non-hydrogen) atoms. The summed E-state index contributed by atoms with van der Waals surface area (Å²) in [5, 5.41) is 0.00806. The van der Waals surface area contributed by atoms with Crippen molar-refractivity contribution < 1.29 is 26.8 Å². The molecule has 0 unspecified atom stereocenters. The highest BCUT2D eigenvalue weighted by Crippen LogP contribution is 2.39. The lowest BCUT2D eigenvalue weighted by Gasteiger charge is -2.40. The first kappa shape index (κ1) is 30.9. The van der Waals surface area contributed by atoms with E-state index >= 15 is 0 Å². The number of carbonyl (C=O) groups excluding carboxylic acids is 1. The summed E-state index contributed by atoms with van der Waals surface area (Å²) in [4.78, 5) is 21.7. The van der Waals surface area contributed by atoms with Crippen LogP contribution in [0, 0.1) is 5.82 Å². The summed E-state index contributed by atoms with van der Waals surface area (Å²) >= 11 is 0. The fourth-order valence-corrected chi connectivity index (χ4v) is 5.74. The topological polar surface area (TPSA) is 98.7 Å². The Morgan fingerprint density at radius 1 is 1.18 bits per heavy atom. The summed E-state index contributed by atoms with van der Waals surface area (Å²) < 4.78 is 51.5. The third-order valence-electron chi connectivity index (χ3n) is 7.32. The Morgan fingerprint density at radius 3 is 2.33 bits per heavy atom. The smallest absolute Gasteiger partial charge is 0.308 e. The predicted octanol–water partition coefficient (Wildman–Crippen LogP) is 5.91. The second kappa shape index (κ2) is 11.5. The number of ether oxygens (including phenoxy) is 1. The Balaban J connectivity index is 2.06. The van der Waals surface area contributed by atoms with Gasteiger partial charge in [-0.1, -0.05) is 40.7 Å². The van der Waals surface area contributed by atoms with E-state index in [2.05, 4.69) is 43.8 Å². The monoisotopic (exact) mass is 577 g/mol. The number of cyclic esters (lactones) is 1. The zero-order valence-electron chi connectivity index (χ0n) is 24.3. The van der Waals surface area contributed by atoms with Crippen molar-refractivity contribution in [3.8, 4) is 11.3 Å². The van der Waals surface area contributed by atoms with Gasteiger partial charge in [0.2, 0.25) is 16.0 Å². The number of nitrogens with zero attached hydrogens (tertiary/aromatic N) is 3. The van der Waals surface area contributed by atoms with E-state index in [9.17, 15) is 17.6 Å². The minimum atomic E-state index is -3.62. The summed E-state index contributed by atoms with van der Waals surface area (Å²) in [7, 11) is -4.32. The molecule has 0 amide bonds. The Labute approximate surface area is 232 Å². The molecule has 2 heterocycles. The molecule has 0 spiro atoms. The van der Waals surface area contributed by atoms with Crippen molar-refractivity contribution in [3.05, 3.63) is 47.4 Å². The maximum atomic E-state index is 13.7. The molecule has 2 aromatic rings. The van der Waals surface area contributed by atoms with Gasteiger partial charge in [0.15, 0.2) is 8.32 Å². The highest BCUT2D eigenvalue weighted by atomic mass is 32.2. The lowest BCUT2D eigenvalue weighted by molar-refractivity contribution is -0.155. The van der Waals surface area contributed by atoms with Gasteiger partial charge < -0.3 is 9.16 Å². The van der Waals surface area contributed by atoms with Gasteiger partial charge in [0.25, 0.3) is 0 Å². The number of rotatable bonds is 8. The number of sulfonamides is 1. The van der Waals surface area contributed by atoms with E-state index in [1.54, 1.807) is 18.2 Å². The van der Waals surface area contributed by atoms with E-state index in [0.29, 0.717) is 28.9 Å². The zero-order chi connectivity index (χ0) is 29.3. The largest absolute Gasteiger partial charge is 0.458 e. The molecule has 1 aromatic carbocycles. The van der Waals surface area contributed by atoms with E-state index in [1.807, 2.05) is 19.9 Å². The molecule has 0 bridgehead atoms. The van der Waals surface area contributed by atoms with Crippen LogP contribution in [0.2, 0.25) is 18.1 Å². The molecule has 8 nitrogen and oxygen atoms in total. The minimum absolute atomic E-state index is 0.00806. The van der Waals surface area contributed by atoms with Gasteiger partial charge in [-0.15, -0.1) is 0 Å². The molecule has 2 atom stereocenters. The van der Waals surface area contributed by atoms with Gasteiger partial charge in [0.1, 0.15) is 11.9 Å². The van der Waals surface area contributed by atoms with Crippen molar-refractivity contribution in [2.45, 2.75) is 83.7 Å². The predicted molar refractivity (Wildman–Crippen MR) is 155 cm³/mol. The molecular weight excluding hydrogens is 537 g/mol. The van der Waals surface area contributed by atoms with Crippen molar-refractivity contribution in [1.82, 2.24) is 9.97 Å². The molecule has 1 saturated heterocycles. The second-order valence-electron chi connectivity index (χ2n) is 11.9. The number of aromatic nitrogens is 2. The first-order valence-corrected chi connectivity index (χ1v) is 17.8. The van der Waals surface area contributed by atoms with Gasteiger partial charge in [-0.3, -0.25) is 4.79 Å². The SMILES string of the molecule is CC(C)c1nc(N(C)S(C)(=O)=O)nc(-c2ccc(F)cc2)c1/C=C/[C@@H]1C[C@@H](O[Si](C)(C)C(C)(C)C)CC(=O)O1. The van der Waals surface area contributed by atoms with Crippen molar-refractivity contribution in [3.63, 3.8) is 0 Å². The average Bonchev–Trinajstić information content (AvgIpc) is 2.80. The zero-order valence-corrected chi connectivity index (χ0v) is 26.1. The lowest BCUT2D eigenvalue weighted by Crippen LogP contribution is -2.46. The van der Waals surface area contributed by atoms with Gasteiger partial charge in [0.05, 0.1) is 30.2 Å². The maximum absolute atomic E-state index is 13.7. The van der Waals surface area contributed by atoms with Crippen molar-refractivity contribution in [1.29, 1.82) is 0 Å². The van der Waals surface area contributed by atoms with Crippen molar-refractivity contribution in [2.24, 2.45) is 0 Å². The van der Waals surface area contributed by atoms with Crippen LogP contribution in [0.25, 0.3) is 17.3 Å². The minimum Gasteiger partial charge on any atom is -0.458 e. The number of anilines is 1. The fraction of sp³-hybridized carbons (Fsp3) is 0.536. The fourth-order valence-electron chi connectivity index (χ4n) is 3.99. The standard InChI is InChI=1S/C28H40FN3O5SSi/c1-18(2)25-23(15-14-21-16-22(17-24(33)36-21)37-39(8,9)28(3,4)5)26(19-10-12-20(29)13-11-19)31-27(30-25)32(6)38(7,34)35/h10-15,18,21-22H,16-17H2,1-9H3/b15-14+/t21-,22-/m1/s1. The van der Waals surface area contributed by atoms with Gasteiger partial charge in [-0.05, 0) is 54.4 Å². The van der Waals surface area contributed by atoms with Crippen LogP contribution in [-0.2, 0) is 24.0 Å². The van der Waals surface area contributed by atoms with Crippen molar-refractivity contribution in [2.75, 3.05) is 17.6 Å². The molecule has 1 aromatic heterocycles. The molecule has 1 aliphatic rings. The van der Waals surface area contributed by atoms with Crippen LogP contribution in [0.4, 0.5) is 10.3 Å². The molecule has 214 valence electrons. The molecule has 11 heteroatoms. The van der Waals surface area contributed by atoms with Crippen LogP contribution < -0.4 is 4.31 Å². The number of halogens is 1. The van der Waals surface area contributed by atoms with Crippen molar-refractivity contribution >= 4 is 36.3 Å². The normalized spacial score (nSPS) is 19.0. The Morgan fingerprint density at radius 2 is 1.79 bits per heavy atom. The van der Waals surface area contributed by atoms with Crippen LogP contribution >= 0.6 is 0 Å². The van der Waals surface area contributed by atoms with Gasteiger partial charge >= 0.3 is 5.97 Å². The first-order valence-electron chi connectivity index (χ1n) is 13.1. The van der Waals surface area contributed by atoms with Gasteiger partial charge in [-0.2, -0.15) is 0 Å². The molecule has 0 N–H and O–H groups in total. The van der Waals surface area contributed by atoms with E-state index < -0.39 is 30.3 Å². The average molecular weight is 578 g/mol. The highest BCUT2D eigenvalue weighted by Gasteiger charge is 2.41. The van der Waals surface area contributed by atoms with Crippen LogP contribution in [0.15, 0.2) is 30.3 Å². The van der Waals surface area contributed by atoms with Gasteiger partial charge in [-0.25, -0.2) is 27.1 Å². The van der Waals surface area contributed by atoms with E-state index in [4.69, 9.17) is 9.16 Å². The molecule has 3 rings (SSSR count). The number of hydrogen-bond acceptors (Lipinski definition) is 7. The first-order chi connectivity index (χ1) is 17.9. The molecular formula is C28H40FN3O5SSi. The Kier molecular flexibility index (Phi) is 9.08. The highest BCUT2D eigenvalue weighted by molar-refractivity contribution is 7.92. The van der Waals surface area contributed by atoms with E-state index in [1.165, 1.54) is 19.2 Å². The van der Waals surface area contributed by atoms with Crippen LogP contribution in [0.5, 0.6) is 0 Å². The van der Waals surface area contributed by atoms with Gasteiger partial charge in [0, 0.05) is 24.6 Å². The lowest BCUT2D eigenvalue weighted by atomic mass is 9.97. The Bertz CT molecular complexity index is 1340. The van der Waals surface area contributed by atoms with Crippen LogP contribution in [0.1, 0.15) is 64.6 Å². The number of benzene rings is 1. The summed E-state index contributed by atoms with van der Waals surface area (Å²) in [6.45, 7) is 14.7. The van der Waals surface area contributed by atoms with Crippen LogP contribution in [-0.4, -0.2) is 58.2 Å². The van der Waals surface area contributed by atoms with E-state index in [-0.39, 0.29) is 35.4 Å². The third kappa shape index (κ3) is 7.52. The summed E-state index contributed by atoms with van der Waals surface area (Å²) in [5.74, 6) is -0.792. The summed E-state index contributed by atoms with van der Waals surface area (Å²) in [5.41, 5.74) is 2.31. The third-order valence-corrected chi connectivity index (χ3v) is 13.0. The number of esters is 1. The maximum Gasteiger partial charge on any atom is 0.308 e.